The number of nitrogens with zero attached hydrogens (tertiary/aromatic N) is 2. The van der Waals surface area contributed by atoms with Crippen molar-refractivity contribution in [1.82, 2.24) is 14.5 Å². The standard InChI is InChI=1S/C25H34ClN3O4S/c1-6-19(4)27-25(31)23(7-2)29(16-20-11-9-8-10-18(20)3)24(30)17-28(5)34(32,33)22-14-12-21(26)13-15-22/h8-15,19,23H,6-7,16-17H2,1-5H3,(H,27,31)/t19-,23+/m0/s1. The van der Waals surface area contributed by atoms with Gasteiger partial charge in [0.1, 0.15) is 6.04 Å². The third-order valence-corrected chi connectivity index (χ3v) is 7.94. The molecule has 0 aromatic heterocycles. The smallest absolute Gasteiger partial charge is 0.243 e. The van der Waals surface area contributed by atoms with Gasteiger partial charge in [-0.3, -0.25) is 9.59 Å². The van der Waals surface area contributed by atoms with E-state index in [1.54, 1.807) is 0 Å². The van der Waals surface area contributed by atoms with E-state index in [9.17, 15) is 18.0 Å². The van der Waals surface area contributed by atoms with Gasteiger partial charge in [0, 0.05) is 24.7 Å². The van der Waals surface area contributed by atoms with Crippen LogP contribution < -0.4 is 5.32 Å². The molecule has 0 bridgehead atoms. The number of likely N-dealkylation sites (N-methyl/N-ethyl adjacent to an activating group) is 1. The van der Waals surface area contributed by atoms with Crippen LogP contribution in [0.25, 0.3) is 0 Å². The van der Waals surface area contributed by atoms with E-state index in [-0.39, 0.29) is 23.4 Å². The summed E-state index contributed by atoms with van der Waals surface area (Å²) in [5.74, 6) is -0.698. The number of hydrogen-bond acceptors (Lipinski definition) is 4. The molecule has 186 valence electrons. The van der Waals surface area contributed by atoms with Crippen molar-refractivity contribution in [2.24, 2.45) is 0 Å². The monoisotopic (exact) mass is 507 g/mol. The molecule has 0 fully saturated rings. The van der Waals surface area contributed by atoms with Crippen LogP contribution in [0.5, 0.6) is 0 Å². The fraction of sp³-hybridized carbons (Fsp3) is 0.440. The molecule has 0 heterocycles. The van der Waals surface area contributed by atoms with Gasteiger partial charge < -0.3 is 10.2 Å². The number of aryl methyl sites for hydroxylation is 1. The second-order valence-electron chi connectivity index (χ2n) is 8.41. The van der Waals surface area contributed by atoms with E-state index in [4.69, 9.17) is 11.6 Å². The molecule has 9 heteroatoms. The van der Waals surface area contributed by atoms with Crippen LogP contribution in [0.4, 0.5) is 0 Å². The Morgan fingerprint density at radius 1 is 1.03 bits per heavy atom. The van der Waals surface area contributed by atoms with Crippen LogP contribution >= 0.6 is 11.6 Å². The molecule has 0 aliphatic rings. The van der Waals surface area contributed by atoms with Crippen molar-refractivity contribution in [3.05, 3.63) is 64.7 Å². The number of rotatable bonds is 11. The van der Waals surface area contributed by atoms with Gasteiger partial charge in [0.15, 0.2) is 0 Å². The maximum absolute atomic E-state index is 13.5. The molecule has 2 rings (SSSR count). The molecule has 1 N–H and O–H groups in total. The summed E-state index contributed by atoms with van der Waals surface area (Å²) in [7, 11) is -2.56. The van der Waals surface area contributed by atoms with Gasteiger partial charge in [-0.2, -0.15) is 4.31 Å². The molecule has 0 aliphatic carbocycles. The Hall–Kier alpha value is -2.42. The first kappa shape index (κ1) is 27.8. The van der Waals surface area contributed by atoms with Crippen LogP contribution in [0.1, 0.15) is 44.7 Å². The summed E-state index contributed by atoms with van der Waals surface area (Å²) in [6, 6.07) is 12.6. The Kier molecular flexibility index (Phi) is 10.1. The summed E-state index contributed by atoms with van der Waals surface area (Å²) in [6.07, 6.45) is 1.16. The minimum absolute atomic E-state index is 0.0371. The zero-order chi connectivity index (χ0) is 25.5. The quantitative estimate of drug-likeness (QED) is 0.498. The maximum Gasteiger partial charge on any atom is 0.243 e. The van der Waals surface area contributed by atoms with E-state index in [0.29, 0.717) is 11.4 Å². The van der Waals surface area contributed by atoms with Gasteiger partial charge in [-0.1, -0.05) is 49.7 Å². The first-order chi connectivity index (χ1) is 16.0. The molecular formula is C25H34ClN3O4S. The Morgan fingerprint density at radius 3 is 2.21 bits per heavy atom. The van der Waals surface area contributed by atoms with Crippen molar-refractivity contribution in [1.29, 1.82) is 0 Å². The highest BCUT2D eigenvalue weighted by molar-refractivity contribution is 7.89. The van der Waals surface area contributed by atoms with Gasteiger partial charge in [-0.15, -0.1) is 0 Å². The molecule has 0 radical (unpaired) electrons. The second-order valence-corrected chi connectivity index (χ2v) is 10.9. The van der Waals surface area contributed by atoms with Crippen molar-refractivity contribution in [2.75, 3.05) is 13.6 Å². The number of hydrogen-bond donors (Lipinski definition) is 1. The fourth-order valence-electron chi connectivity index (χ4n) is 3.48. The summed E-state index contributed by atoms with van der Waals surface area (Å²) >= 11 is 5.88. The van der Waals surface area contributed by atoms with E-state index < -0.39 is 28.5 Å². The third-order valence-electron chi connectivity index (χ3n) is 5.87. The van der Waals surface area contributed by atoms with Crippen molar-refractivity contribution < 1.29 is 18.0 Å². The van der Waals surface area contributed by atoms with Gasteiger partial charge in [-0.05, 0) is 62.1 Å². The molecule has 0 aliphatic heterocycles. The van der Waals surface area contributed by atoms with Crippen LogP contribution in [0.15, 0.2) is 53.4 Å². The highest BCUT2D eigenvalue weighted by Crippen LogP contribution is 2.20. The zero-order valence-electron chi connectivity index (χ0n) is 20.4. The van der Waals surface area contributed by atoms with Gasteiger partial charge >= 0.3 is 0 Å². The minimum Gasteiger partial charge on any atom is -0.352 e. The molecule has 0 saturated heterocycles. The van der Waals surface area contributed by atoms with Gasteiger partial charge in [0.2, 0.25) is 21.8 Å². The predicted octanol–water partition coefficient (Wildman–Crippen LogP) is 3.99. The number of benzene rings is 2. The molecule has 2 atom stereocenters. The van der Waals surface area contributed by atoms with E-state index in [2.05, 4.69) is 5.32 Å². The molecule has 0 saturated carbocycles. The lowest BCUT2D eigenvalue weighted by Gasteiger charge is -2.33. The lowest BCUT2D eigenvalue weighted by Crippen LogP contribution is -2.53. The Morgan fingerprint density at radius 2 is 1.65 bits per heavy atom. The first-order valence-corrected chi connectivity index (χ1v) is 13.2. The summed E-state index contributed by atoms with van der Waals surface area (Å²) in [5, 5.41) is 3.37. The molecule has 34 heavy (non-hydrogen) atoms. The number of nitrogens with one attached hydrogen (secondary N) is 1. The summed E-state index contributed by atoms with van der Waals surface area (Å²) in [5.41, 5.74) is 1.88. The maximum atomic E-state index is 13.5. The SMILES string of the molecule is CC[C@H](C(=O)N[C@@H](C)CC)N(Cc1ccccc1C)C(=O)CN(C)S(=O)(=O)c1ccc(Cl)cc1. The number of halogens is 1. The highest BCUT2D eigenvalue weighted by atomic mass is 35.5. The van der Waals surface area contributed by atoms with Crippen LogP contribution in [-0.4, -0.2) is 55.1 Å². The van der Waals surface area contributed by atoms with Gasteiger partial charge in [0.05, 0.1) is 11.4 Å². The zero-order valence-corrected chi connectivity index (χ0v) is 22.0. The number of amides is 2. The van der Waals surface area contributed by atoms with Crippen molar-refractivity contribution in [2.45, 2.75) is 64.1 Å². The van der Waals surface area contributed by atoms with Gasteiger partial charge in [-0.25, -0.2) is 8.42 Å². The lowest BCUT2D eigenvalue weighted by atomic mass is 10.1. The predicted molar refractivity (Wildman–Crippen MR) is 135 cm³/mol. The lowest BCUT2D eigenvalue weighted by molar-refractivity contribution is -0.141. The Labute approximate surface area is 208 Å². The highest BCUT2D eigenvalue weighted by Gasteiger charge is 2.32. The van der Waals surface area contributed by atoms with Crippen LogP contribution in [0.3, 0.4) is 0 Å². The van der Waals surface area contributed by atoms with E-state index in [0.717, 1.165) is 21.9 Å². The molecule has 7 nitrogen and oxygen atoms in total. The van der Waals surface area contributed by atoms with E-state index in [1.807, 2.05) is 52.0 Å². The molecule has 2 amide bonds. The third kappa shape index (κ3) is 7.04. The summed E-state index contributed by atoms with van der Waals surface area (Å²) in [6.45, 7) is 7.46. The summed E-state index contributed by atoms with van der Waals surface area (Å²) < 4.78 is 27.0. The normalized spacial score (nSPS) is 13.4. The Balaban J connectivity index is 2.34. The molecule has 2 aromatic carbocycles. The molecule has 2 aromatic rings. The van der Waals surface area contributed by atoms with Crippen molar-refractivity contribution in [3.8, 4) is 0 Å². The number of carbonyl (C=O) groups is 2. The van der Waals surface area contributed by atoms with Crippen LogP contribution in [0.2, 0.25) is 5.02 Å². The Bertz CT molecular complexity index is 1090. The minimum atomic E-state index is -3.91. The largest absolute Gasteiger partial charge is 0.352 e. The summed E-state index contributed by atoms with van der Waals surface area (Å²) in [4.78, 5) is 28.1. The van der Waals surface area contributed by atoms with Gasteiger partial charge in [0.25, 0.3) is 0 Å². The van der Waals surface area contributed by atoms with E-state index >= 15 is 0 Å². The molecular weight excluding hydrogens is 474 g/mol. The van der Waals surface area contributed by atoms with Crippen LogP contribution in [-0.2, 0) is 26.2 Å². The van der Waals surface area contributed by atoms with Crippen molar-refractivity contribution >= 4 is 33.4 Å². The number of sulfonamides is 1. The topological polar surface area (TPSA) is 86.8 Å². The first-order valence-electron chi connectivity index (χ1n) is 11.4. The van der Waals surface area contributed by atoms with E-state index in [1.165, 1.54) is 36.2 Å². The molecule has 0 unspecified atom stereocenters. The van der Waals surface area contributed by atoms with Crippen molar-refractivity contribution in [3.63, 3.8) is 0 Å². The molecule has 0 spiro atoms. The average molecular weight is 508 g/mol. The average Bonchev–Trinajstić information content (AvgIpc) is 2.80. The number of carbonyl (C=O) groups excluding carboxylic acids is 2. The van der Waals surface area contributed by atoms with Crippen LogP contribution in [0, 0.1) is 6.92 Å². The second kappa shape index (κ2) is 12.3. The fourth-order valence-corrected chi connectivity index (χ4v) is 4.73.